The number of carbonyl (C=O) groups is 2. The minimum Gasteiger partial charge on any atom is -0.469 e. The Morgan fingerprint density at radius 2 is 2.05 bits per heavy atom. The van der Waals surface area contributed by atoms with Crippen LogP contribution < -0.4 is 0 Å². The first-order chi connectivity index (χ1) is 8.88. The highest BCUT2D eigenvalue weighted by Gasteiger charge is 2.71. The fourth-order valence-electron chi connectivity index (χ4n) is 4.83. The van der Waals surface area contributed by atoms with Gasteiger partial charge in [0.1, 0.15) is 6.29 Å². The highest BCUT2D eigenvalue weighted by Crippen LogP contribution is 2.78. The topological polar surface area (TPSA) is 43.4 Å². The SMILES string of the molecule is COC(=O)CC1CCCC2C1C2(CC=O)[Si](C)(C)C. The van der Waals surface area contributed by atoms with Crippen LogP contribution in [0.15, 0.2) is 0 Å². The van der Waals surface area contributed by atoms with Crippen molar-refractivity contribution in [3.63, 3.8) is 0 Å². The van der Waals surface area contributed by atoms with E-state index in [1.54, 1.807) is 0 Å². The summed E-state index contributed by atoms with van der Waals surface area (Å²) >= 11 is 0. The Kier molecular flexibility index (Phi) is 3.91. The zero-order valence-corrected chi connectivity index (χ0v) is 13.6. The number of methoxy groups -OCH3 is 1. The zero-order valence-electron chi connectivity index (χ0n) is 12.6. The van der Waals surface area contributed by atoms with Gasteiger partial charge in [0.05, 0.1) is 15.2 Å². The van der Waals surface area contributed by atoms with E-state index >= 15 is 0 Å². The molecule has 19 heavy (non-hydrogen) atoms. The fraction of sp³-hybridized carbons (Fsp3) is 0.867. The number of esters is 1. The van der Waals surface area contributed by atoms with E-state index in [-0.39, 0.29) is 11.0 Å². The van der Waals surface area contributed by atoms with Gasteiger partial charge < -0.3 is 9.53 Å². The fourth-order valence-corrected chi connectivity index (χ4v) is 8.32. The molecule has 0 heterocycles. The average molecular weight is 282 g/mol. The molecule has 0 radical (unpaired) electrons. The van der Waals surface area contributed by atoms with E-state index in [2.05, 4.69) is 19.6 Å². The van der Waals surface area contributed by atoms with Gasteiger partial charge in [-0.3, -0.25) is 4.79 Å². The number of ether oxygens (including phenoxy) is 1. The minimum absolute atomic E-state index is 0.0897. The van der Waals surface area contributed by atoms with Crippen LogP contribution in [-0.2, 0) is 14.3 Å². The predicted molar refractivity (Wildman–Crippen MR) is 77.7 cm³/mol. The molecule has 108 valence electrons. The van der Waals surface area contributed by atoms with E-state index in [9.17, 15) is 9.59 Å². The van der Waals surface area contributed by atoms with Crippen molar-refractivity contribution in [1.29, 1.82) is 0 Å². The quantitative estimate of drug-likeness (QED) is 0.441. The minimum atomic E-state index is -1.41. The number of rotatable bonds is 5. The number of fused-ring (bicyclic) bond motifs is 1. The number of hydrogen-bond donors (Lipinski definition) is 0. The molecule has 2 fully saturated rings. The summed E-state index contributed by atoms with van der Waals surface area (Å²) in [7, 11) is 0.0558. The van der Waals surface area contributed by atoms with E-state index < -0.39 is 8.07 Å². The van der Waals surface area contributed by atoms with Crippen LogP contribution in [0.3, 0.4) is 0 Å². The lowest BCUT2D eigenvalue weighted by molar-refractivity contribution is -0.142. The molecule has 2 rings (SSSR count). The molecule has 0 spiro atoms. The Morgan fingerprint density at radius 3 is 2.58 bits per heavy atom. The maximum Gasteiger partial charge on any atom is 0.305 e. The van der Waals surface area contributed by atoms with Gasteiger partial charge in [-0.2, -0.15) is 0 Å². The lowest BCUT2D eigenvalue weighted by Crippen LogP contribution is -2.33. The van der Waals surface area contributed by atoms with Gasteiger partial charge in [0.25, 0.3) is 0 Å². The molecule has 0 saturated heterocycles. The van der Waals surface area contributed by atoms with Gasteiger partial charge >= 0.3 is 5.97 Å². The number of carbonyl (C=O) groups excluding carboxylic acids is 2. The summed E-state index contributed by atoms with van der Waals surface area (Å²) in [5.41, 5.74) is 0. The van der Waals surface area contributed by atoms with Crippen LogP contribution in [0.25, 0.3) is 0 Å². The summed E-state index contributed by atoms with van der Waals surface area (Å²) in [4.78, 5) is 22.7. The van der Waals surface area contributed by atoms with E-state index in [4.69, 9.17) is 4.74 Å². The molecule has 0 aliphatic heterocycles. The van der Waals surface area contributed by atoms with Gasteiger partial charge in [-0.25, -0.2) is 0 Å². The summed E-state index contributed by atoms with van der Waals surface area (Å²) in [5, 5.41) is 0.254. The maximum atomic E-state index is 11.6. The van der Waals surface area contributed by atoms with Crippen LogP contribution >= 0.6 is 0 Å². The molecule has 4 atom stereocenters. The molecule has 0 N–H and O–H groups in total. The summed E-state index contributed by atoms with van der Waals surface area (Å²) in [6, 6.07) is 0. The summed E-state index contributed by atoms with van der Waals surface area (Å²) < 4.78 is 4.84. The molecule has 4 unspecified atom stereocenters. The Bertz CT molecular complexity index is 374. The zero-order chi connectivity index (χ0) is 14.3. The van der Waals surface area contributed by atoms with Crippen molar-refractivity contribution in [3.8, 4) is 0 Å². The molecule has 0 aromatic heterocycles. The summed E-state index contributed by atoms with van der Waals surface area (Å²) in [5.74, 6) is 1.64. The molecule has 0 bridgehead atoms. The second kappa shape index (κ2) is 5.04. The first-order valence-corrected chi connectivity index (χ1v) is 10.9. The molecule has 2 saturated carbocycles. The average Bonchev–Trinajstić information content (AvgIpc) is 3.00. The summed E-state index contributed by atoms with van der Waals surface area (Å²) in [6.45, 7) is 7.14. The van der Waals surface area contributed by atoms with E-state index in [1.165, 1.54) is 20.0 Å². The number of hydrogen-bond acceptors (Lipinski definition) is 3. The van der Waals surface area contributed by atoms with Gasteiger partial charge in [0.2, 0.25) is 0 Å². The van der Waals surface area contributed by atoms with Gasteiger partial charge in [-0.15, -0.1) is 0 Å². The van der Waals surface area contributed by atoms with Crippen LogP contribution in [-0.4, -0.2) is 27.4 Å². The third-order valence-electron chi connectivity index (χ3n) is 5.65. The third-order valence-corrected chi connectivity index (χ3v) is 9.35. The predicted octanol–water partition coefficient (Wildman–Crippen LogP) is 3.26. The van der Waals surface area contributed by atoms with Crippen molar-refractivity contribution < 1.29 is 14.3 Å². The van der Waals surface area contributed by atoms with Crippen LogP contribution in [0.1, 0.15) is 32.1 Å². The van der Waals surface area contributed by atoms with Crippen molar-refractivity contribution in [2.75, 3.05) is 7.11 Å². The van der Waals surface area contributed by atoms with E-state index in [1.807, 2.05) is 0 Å². The molecular weight excluding hydrogens is 256 g/mol. The van der Waals surface area contributed by atoms with Crippen LogP contribution in [0.5, 0.6) is 0 Å². The van der Waals surface area contributed by atoms with Gasteiger partial charge in [0, 0.05) is 12.8 Å². The Labute approximate surface area is 117 Å². The molecule has 4 heteroatoms. The normalized spacial score (nSPS) is 37.4. The lowest BCUT2D eigenvalue weighted by Gasteiger charge is -2.31. The Morgan fingerprint density at radius 1 is 1.37 bits per heavy atom. The highest BCUT2D eigenvalue weighted by molar-refractivity contribution is 6.80. The standard InChI is InChI=1S/C15H26O3Si/c1-18-13(17)10-11-6-5-7-12-14(11)15(12,8-9-16)19(2,3)4/h9,11-12,14H,5-8,10H2,1-4H3. The van der Waals surface area contributed by atoms with E-state index in [0.29, 0.717) is 30.6 Å². The summed E-state index contributed by atoms with van der Waals surface area (Å²) in [6.07, 6.45) is 5.94. The van der Waals surface area contributed by atoms with Crippen LogP contribution in [0.2, 0.25) is 24.7 Å². The molecule has 2 aliphatic rings. The van der Waals surface area contributed by atoms with Crippen molar-refractivity contribution in [2.24, 2.45) is 17.8 Å². The second-order valence-electron chi connectivity index (χ2n) is 7.26. The van der Waals surface area contributed by atoms with Crippen LogP contribution in [0.4, 0.5) is 0 Å². The van der Waals surface area contributed by atoms with Crippen molar-refractivity contribution >= 4 is 20.3 Å². The Hall–Kier alpha value is -0.643. The van der Waals surface area contributed by atoms with Crippen LogP contribution in [0, 0.1) is 17.8 Å². The maximum absolute atomic E-state index is 11.6. The lowest BCUT2D eigenvalue weighted by atomic mass is 9.86. The monoisotopic (exact) mass is 282 g/mol. The van der Waals surface area contributed by atoms with Gasteiger partial charge in [-0.1, -0.05) is 26.1 Å². The first-order valence-electron chi connectivity index (χ1n) is 7.39. The first kappa shape index (κ1) is 14.8. The third kappa shape index (κ3) is 2.28. The largest absolute Gasteiger partial charge is 0.469 e. The van der Waals surface area contributed by atoms with Gasteiger partial charge in [-0.05, 0) is 35.6 Å². The number of aldehydes is 1. The van der Waals surface area contributed by atoms with Crippen molar-refractivity contribution in [2.45, 2.75) is 56.8 Å². The highest BCUT2D eigenvalue weighted by atomic mass is 28.3. The molecule has 3 nitrogen and oxygen atoms in total. The smallest absolute Gasteiger partial charge is 0.305 e. The van der Waals surface area contributed by atoms with E-state index in [0.717, 1.165) is 12.7 Å². The molecular formula is C15H26O3Si. The molecule has 0 aromatic carbocycles. The molecule has 2 aliphatic carbocycles. The van der Waals surface area contributed by atoms with Gasteiger partial charge in [0.15, 0.2) is 0 Å². The Balaban J connectivity index is 2.20. The molecule has 0 aromatic rings. The second-order valence-corrected chi connectivity index (χ2v) is 12.7. The molecule has 0 amide bonds. The van der Waals surface area contributed by atoms with Crippen molar-refractivity contribution in [3.05, 3.63) is 0 Å². The van der Waals surface area contributed by atoms with Crippen molar-refractivity contribution in [1.82, 2.24) is 0 Å².